The summed E-state index contributed by atoms with van der Waals surface area (Å²) in [6, 6.07) is 2.47. The van der Waals surface area contributed by atoms with Gasteiger partial charge in [0.05, 0.1) is 11.2 Å². The lowest BCUT2D eigenvalue weighted by atomic mass is 10.3. The van der Waals surface area contributed by atoms with Crippen molar-refractivity contribution < 1.29 is 19.1 Å². The molecule has 3 heterocycles. The van der Waals surface area contributed by atoms with E-state index in [-0.39, 0.29) is 11.7 Å². The van der Waals surface area contributed by atoms with Gasteiger partial charge in [0.2, 0.25) is 0 Å². The number of rotatable bonds is 6. The molecule has 2 unspecified atom stereocenters. The third-order valence-electron chi connectivity index (χ3n) is 3.57. The van der Waals surface area contributed by atoms with E-state index in [4.69, 9.17) is 4.74 Å². The Kier molecular flexibility index (Phi) is 5.41. The number of esters is 1. The summed E-state index contributed by atoms with van der Waals surface area (Å²) in [5.74, 6) is -1.45. The third kappa shape index (κ3) is 4.26. The van der Waals surface area contributed by atoms with E-state index in [1.807, 2.05) is 0 Å². The molecule has 0 aliphatic carbocycles. The highest BCUT2D eigenvalue weighted by Crippen LogP contribution is 2.15. The second kappa shape index (κ2) is 7.91. The van der Waals surface area contributed by atoms with Crippen molar-refractivity contribution in [3.8, 4) is 0 Å². The molecule has 3 N–H and O–H groups in total. The summed E-state index contributed by atoms with van der Waals surface area (Å²) in [6.45, 7) is 2.91. The van der Waals surface area contributed by atoms with Gasteiger partial charge in [0.1, 0.15) is 17.9 Å². The molecule has 3 aromatic rings. The van der Waals surface area contributed by atoms with E-state index in [1.54, 1.807) is 17.5 Å². The number of fused-ring (bicyclic) bond motifs is 1. The molecule has 0 spiro atoms. The molecular formula is C16H16N6O4S. The first-order chi connectivity index (χ1) is 13.0. The van der Waals surface area contributed by atoms with E-state index in [1.165, 1.54) is 37.8 Å². The number of aromatic nitrogens is 4. The fraction of sp³-hybridized carbons (Fsp3) is 0.250. The van der Waals surface area contributed by atoms with Gasteiger partial charge in [-0.25, -0.2) is 19.7 Å². The van der Waals surface area contributed by atoms with Gasteiger partial charge in [0.15, 0.2) is 17.6 Å². The van der Waals surface area contributed by atoms with Crippen LogP contribution in [0.2, 0.25) is 0 Å². The highest BCUT2D eigenvalue weighted by atomic mass is 32.1. The predicted molar refractivity (Wildman–Crippen MR) is 97.1 cm³/mol. The number of carbonyl (C=O) groups is 3. The van der Waals surface area contributed by atoms with Crippen molar-refractivity contribution in [2.75, 3.05) is 5.32 Å². The number of anilines is 1. The van der Waals surface area contributed by atoms with Crippen molar-refractivity contribution >= 4 is 46.1 Å². The maximum Gasteiger partial charge on any atom is 0.329 e. The molecule has 0 aromatic carbocycles. The highest BCUT2D eigenvalue weighted by Gasteiger charge is 2.24. The molecule has 0 radical (unpaired) electrons. The molecule has 11 heteroatoms. The van der Waals surface area contributed by atoms with E-state index in [0.29, 0.717) is 16.0 Å². The summed E-state index contributed by atoms with van der Waals surface area (Å²) in [5.41, 5.74) is 0.857. The molecule has 0 aliphatic rings. The highest BCUT2D eigenvalue weighted by molar-refractivity contribution is 7.12. The van der Waals surface area contributed by atoms with Crippen LogP contribution in [0.4, 0.5) is 5.82 Å². The van der Waals surface area contributed by atoms with Gasteiger partial charge in [-0.15, -0.1) is 11.3 Å². The fourth-order valence-electron chi connectivity index (χ4n) is 2.14. The second-order valence-electron chi connectivity index (χ2n) is 5.56. The van der Waals surface area contributed by atoms with Gasteiger partial charge in [-0.05, 0) is 25.3 Å². The molecule has 0 fully saturated rings. The molecule has 0 bridgehead atoms. The van der Waals surface area contributed by atoms with Crippen molar-refractivity contribution in [1.82, 2.24) is 25.3 Å². The summed E-state index contributed by atoms with van der Waals surface area (Å²) >= 11 is 1.26. The number of aromatic amines is 1. The number of carbonyl (C=O) groups excluding carboxylic acids is 3. The largest absolute Gasteiger partial charge is 0.451 e. The summed E-state index contributed by atoms with van der Waals surface area (Å²) in [6.07, 6.45) is 1.60. The van der Waals surface area contributed by atoms with Crippen LogP contribution in [0.15, 0.2) is 30.2 Å². The topological polar surface area (TPSA) is 139 Å². The number of nitrogens with one attached hydrogen (secondary N) is 3. The molecule has 2 atom stereocenters. The van der Waals surface area contributed by atoms with E-state index in [9.17, 15) is 14.4 Å². The Bertz CT molecular complexity index is 970. The van der Waals surface area contributed by atoms with Gasteiger partial charge in [0.25, 0.3) is 11.8 Å². The van der Waals surface area contributed by atoms with Gasteiger partial charge in [0, 0.05) is 0 Å². The van der Waals surface area contributed by atoms with Crippen LogP contribution in [-0.4, -0.2) is 49.9 Å². The Morgan fingerprint density at radius 2 is 2.04 bits per heavy atom. The van der Waals surface area contributed by atoms with Crippen LogP contribution in [0.5, 0.6) is 0 Å². The minimum absolute atomic E-state index is 0.226. The molecular weight excluding hydrogens is 372 g/mol. The molecule has 27 heavy (non-hydrogen) atoms. The first-order valence-corrected chi connectivity index (χ1v) is 8.83. The minimum atomic E-state index is -1.09. The summed E-state index contributed by atoms with van der Waals surface area (Å²) < 4.78 is 5.13. The maximum atomic E-state index is 12.3. The molecule has 0 saturated carbocycles. The van der Waals surface area contributed by atoms with Crippen LogP contribution in [0.3, 0.4) is 0 Å². The van der Waals surface area contributed by atoms with Gasteiger partial charge < -0.3 is 20.4 Å². The van der Waals surface area contributed by atoms with Crippen molar-refractivity contribution in [2.24, 2.45) is 0 Å². The standard InChI is InChI=1S/C16H16N6O4S/c1-8(21-15(24)10-4-3-5-27-10)16(25)26-9(2)14(23)22-13-11-12(18-6-17-11)19-7-20-13/h3-9H,1-2H3,(H,21,24)(H2,17,18,19,20,22,23). The SMILES string of the molecule is CC(NC(=O)c1cccs1)C(=O)OC(C)C(=O)Nc1ncnc2nc[nH]c12. The predicted octanol–water partition coefficient (Wildman–Crippen LogP) is 1.10. The number of amides is 2. The zero-order chi connectivity index (χ0) is 19.4. The van der Waals surface area contributed by atoms with E-state index >= 15 is 0 Å². The molecule has 10 nitrogen and oxygen atoms in total. The van der Waals surface area contributed by atoms with Crippen LogP contribution in [0, 0.1) is 0 Å². The normalized spacial score (nSPS) is 13.0. The lowest BCUT2D eigenvalue weighted by Gasteiger charge is -2.17. The average molecular weight is 388 g/mol. The number of H-pyrrole nitrogens is 1. The Balaban J connectivity index is 1.56. The lowest BCUT2D eigenvalue weighted by molar-refractivity contribution is -0.154. The quantitative estimate of drug-likeness (QED) is 0.537. The fourth-order valence-corrected chi connectivity index (χ4v) is 2.77. The number of nitrogens with zero attached hydrogens (tertiary/aromatic N) is 3. The van der Waals surface area contributed by atoms with Crippen LogP contribution in [0.1, 0.15) is 23.5 Å². The number of ether oxygens (including phenoxy) is 1. The Hall–Kier alpha value is -3.34. The maximum absolute atomic E-state index is 12.3. The Morgan fingerprint density at radius 3 is 2.78 bits per heavy atom. The van der Waals surface area contributed by atoms with Crippen LogP contribution in [-0.2, 0) is 14.3 Å². The zero-order valence-corrected chi connectivity index (χ0v) is 15.2. The van der Waals surface area contributed by atoms with Crippen molar-refractivity contribution in [2.45, 2.75) is 26.0 Å². The summed E-state index contributed by atoms with van der Waals surface area (Å²) in [7, 11) is 0. The first kappa shape index (κ1) is 18.5. The van der Waals surface area contributed by atoms with Gasteiger partial charge in [-0.3, -0.25) is 9.59 Å². The molecule has 2 amide bonds. The van der Waals surface area contributed by atoms with Gasteiger partial charge in [-0.1, -0.05) is 6.07 Å². The number of imidazole rings is 1. The number of hydrogen-bond donors (Lipinski definition) is 3. The van der Waals surface area contributed by atoms with E-state index in [0.717, 1.165) is 0 Å². The van der Waals surface area contributed by atoms with Crippen LogP contribution >= 0.6 is 11.3 Å². The molecule has 0 saturated heterocycles. The molecule has 0 aliphatic heterocycles. The summed E-state index contributed by atoms with van der Waals surface area (Å²) in [4.78, 5) is 51.6. The smallest absolute Gasteiger partial charge is 0.329 e. The van der Waals surface area contributed by atoms with Crippen molar-refractivity contribution in [3.63, 3.8) is 0 Å². The van der Waals surface area contributed by atoms with Crippen molar-refractivity contribution in [3.05, 3.63) is 35.0 Å². The zero-order valence-electron chi connectivity index (χ0n) is 14.4. The number of hydrogen-bond acceptors (Lipinski definition) is 8. The first-order valence-electron chi connectivity index (χ1n) is 7.95. The van der Waals surface area contributed by atoms with Crippen molar-refractivity contribution in [1.29, 1.82) is 0 Å². The Labute approximate surface area is 157 Å². The molecule has 3 rings (SSSR count). The lowest BCUT2D eigenvalue weighted by Crippen LogP contribution is -2.42. The Morgan fingerprint density at radius 1 is 1.22 bits per heavy atom. The second-order valence-corrected chi connectivity index (χ2v) is 6.51. The minimum Gasteiger partial charge on any atom is -0.451 e. The van der Waals surface area contributed by atoms with Crippen LogP contribution in [0.25, 0.3) is 11.2 Å². The van der Waals surface area contributed by atoms with E-state index < -0.39 is 24.0 Å². The van der Waals surface area contributed by atoms with Crippen LogP contribution < -0.4 is 10.6 Å². The third-order valence-corrected chi connectivity index (χ3v) is 4.44. The molecule has 140 valence electrons. The van der Waals surface area contributed by atoms with Gasteiger partial charge >= 0.3 is 5.97 Å². The molecule has 3 aromatic heterocycles. The van der Waals surface area contributed by atoms with E-state index in [2.05, 4.69) is 30.6 Å². The number of thiophene rings is 1. The summed E-state index contributed by atoms with van der Waals surface area (Å²) in [5, 5.41) is 6.84. The average Bonchev–Trinajstić information content (AvgIpc) is 3.33. The monoisotopic (exact) mass is 388 g/mol. The van der Waals surface area contributed by atoms with Gasteiger partial charge in [-0.2, -0.15) is 0 Å².